The molecule has 1 fully saturated rings. The Balaban J connectivity index is 2.16. The maximum atomic E-state index is 6.79. The van der Waals surface area contributed by atoms with E-state index in [0.717, 1.165) is 5.75 Å². The topological polar surface area (TPSA) is 9.23 Å². The van der Waals surface area contributed by atoms with Crippen molar-refractivity contribution in [2.45, 2.75) is 57.2 Å². The fourth-order valence-corrected chi connectivity index (χ4v) is 3.53. The Bertz CT molecular complexity index is 394. The van der Waals surface area contributed by atoms with Gasteiger partial charge in [-0.25, -0.2) is 0 Å². The first-order chi connectivity index (χ1) is 9.22. The SMILES string of the molecule is COc1ccc(C)cc1C(Cl)C1CCCCCCC1. The molecule has 0 spiro atoms. The Labute approximate surface area is 122 Å². The van der Waals surface area contributed by atoms with Gasteiger partial charge in [0.25, 0.3) is 0 Å². The van der Waals surface area contributed by atoms with Crippen molar-refractivity contribution in [2.75, 3.05) is 7.11 Å². The summed E-state index contributed by atoms with van der Waals surface area (Å²) in [6, 6.07) is 6.32. The highest BCUT2D eigenvalue weighted by Gasteiger charge is 2.24. The van der Waals surface area contributed by atoms with E-state index in [1.54, 1.807) is 7.11 Å². The number of hydrogen-bond acceptors (Lipinski definition) is 1. The highest BCUT2D eigenvalue weighted by Crippen LogP contribution is 2.41. The second-order valence-corrected chi connectivity index (χ2v) is 6.22. The maximum absolute atomic E-state index is 6.79. The van der Waals surface area contributed by atoms with Crippen LogP contribution in [0.25, 0.3) is 0 Å². The Hall–Kier alpha value is -0.690. The minimum absolute atomic E-state index is 0.0907. The Kier molecular flexibility index (Phi) is 5.57. The molecular formula is C17H25ClO. The smallest absolute Gasteiger partial charge is 0.123 e. The van der Waals surface area contributed by atoms with Crippen LogP contribution in [0.1, 0.15) is 61.4 Å². The van der Waals surface area contributed by atoms with E-state index < -0.39 is 0 Å². The van der Waals surface area contributed by atoms with Crippen LogP contribution in [0.3, 0.4) is 0 Å². The summed E-state index contributed by atoms with van der Waals surface area (Å²) in [5.41, 5.74) is 2.43. The third kappa shape index (κ3) is 3.89. The summed E-state index contributed by atoms with van der Waals surface area (Å²) in [5.74, 6) is 1.53. The number of rotatable bonds is 3. The number of alkyl halides is 1. The van der Waals surface area contributed by atoms with Gasteiger partial charge >= 0.3 is 0 Å². The summed E-state index contributed by atoms with van der Waals surface area (Å²) in [6.45, 7) is 2.12. The van der Waals surface area contributed by atoms with Crippen LogP contribution in [0.4, 0.5) is 0 Å². The van der Waals surface area contributed by atoms with Crippen molar-refractivity contribution in [2.24, 2.45) is 5.92 Å². The number of hydrogen-bond donors (Lipinski definition) is 0. The molecule has 0 saturated heterocycles. The normalized spacial score (nSPS) is 19.5. The summed E-state index contributed by atoms with van der Waals surface area (Å²) >= 11 is 6.79. The van der Waals surface area contributed by atoms with Gasteiger partial charge in [0.05, 0.1) is 12.5 Å². The molecule has 0 bridgehead atoms. The molecule has 1 saturated carbocycles. The molecule has 0 amide bonds. The van der Waals surface area contributed by atoms with E-state index in [4.69, 9.17) is 16.3 Å². The monoisotopic (exact) mass is 280 g/mol. The highest BCUT2D eigenvalue weighted by atomic mass is 35.5. The molecule has 1 atom stereocenters. The summed E-state index contributed by atoms with van der Waals surface area (Å²) in [7, 11) is 1.73. The van der Waals surface area contributed by atoms with E-state index in [2.05, 4.69) is 19.1 Å². The lowest BCUT2D eigenvalue weighted by atomic mass is 9.85. The predicted molar refractivity (Wildman–Crippen MR) is 82.1 cm³/mol. The molecule has 2 heteroatoms. The van der Waals surface area contributed by atoms with Crippen LogP contribution in [0.15, 0.2) is 18.2 Å². The zero-order chi connectivity index (χ0) is 13.7. The number of halogens is 1. The van der Waals surface area contributed by atoms with Crippen LogP contribution < -0.4 is 4.74 Å². The van der Waals surface area contributed by atoms with Crippen LogP contribution in [0.2, 0.25) is 0 Å². The summed E-state index contributed by atoms with van der Waals surface area (Å²) in [5, 5.41) is 0.0907. The quantitative estimate of drug-likeness (QED) is 0.651. The number of methoxy groups -OCH3 is 1. The highest BCUT2D eigenvalue weighted by molar-refractivity contribution is 6.21. The zero-order valence-corrected chi connectivity index (χ0v) is 12.9. The van der Waals surface area contributed by atoms with Gasteiger partial charge in [0.2, 0.25) is 0 Å². The standard InChI is InChI=1S/C17H25ClO/c1-13-10-11-16(19-2)15(12-13)17(18)14-8-6-4-3-5-7-9-14/h10-12,14,17H,3-9H2,1-2H3. The Morgan fingerprint density at radius 1 is 1.11 bits per heavy atom. The molecular weight excluding hydrogens is 256 g/mol. The van der Waals surface area contributed by atoms with Crippen molar-refractivity contribution in [1.29, 1.82) is 0 Å². The molecule has 1 aromatic carbocycles. The van der Waals surface area contributed by atoms with Crippen molar-refractivity contribution in [3.63, 3.8) is 0 Å². The molecule has 106 valence electrons. The molecule has 0 heterocycles. The third-order valence-corrected chi connectivity index (χ3v) is 4.84. The Morgan fingerprint density at radius 2 is 1.74 bits per heavy atom. The van der Waals surface area contributed by atoms with Gasteiger partial charge in [-0.05, 0) is 31.7 Å². The Morgan fingerprint density at radius 3 is 2.37 bits per heavy atom. The molecule has 19 heavy (non-hydrogen) atoms. The van der Waals surface area contributed by atoms with Gasteiger partial charge in [-0.2, -0.15) is 0 Å². The average molecular weight is 281 g/mol. The first kappa shape index (κ1) is 14.7. The molecule has 1 unspecified atom stereocenters. The minimum atomic E-state index is 0.0907. The first-order valence-electron chi connectivity index (χ1n) is 7.51. The van der Waals surface area contributed by atoms with Gasteiger partial charge in [0, 0.05) is 5.56 Å². The lowest BCUT2D eigenvalue weighted by molar-refractivity contribution is 0.357. The molecule has 0 radical (unpaired) electrons. The summed E-state index contributed by atoms with van der Waals surface area (Å²) in [4.78, 5) is 0. The van der Waals surface area contributed by atoms with Gasteiger partial charge in [-0.3, -0.25) is 0 Å². The van der Waals surface area contributed by atoms with Gasteiger partial charge < -0.3 is 4.74 Å². The minimum Gasteiger partial charge on any atom is -0.496 e. The van der Waals surface area contributed by atoms with Crippen molar-refractivity contribution in [3.8, 4) is 5.75 Å². The van der Waals surface area contributed by atoms with E-state index in [1.165, 1.54) is 56.1 Å². The van der Waals surface area contributed by atoms with Crippen LogP contribution >= 0.6 is 11.6 Å². The first-order valence-corrected chi connectivity index (χ1v) is 7.94. The van der Waals surface area contributed by atoms with Crippen LogP contribution in [0.5, 0.6) is 5.75 Å². The fourth-order valence-electron chi connectivity index (χ4n) is 3.10. The zero-order valence-electron chi connectivity index (χ0n) is 12.1. The van der Waals surface area contributed by atoms with Crippen LogP contribution in [-0.2, 0) is 0 Å². The van der Waals surface area contributed by atoms with Crippen molar-refractivity contribution in [3.05, 3.63) is 29.3 Å². The molecule has 1 aliphatic rings. The lowest BCUT2D eigenvalue weighted by Gasteiger charge is -2.26. The fraction of sp³-hybridized carbons (Fsp3) is 0.647. The van der Waals surface area contributed by atoms with E-state index in [-0.39, 0.29) is 5.38 Å². The van der Waals surface area contributed by atoms with Gasteiger partial charge in [0.15, 0.2) is 0 Å². The third-order valence-electron chi connectivity index (χ3n) is 4.25. The number of benzene rings is 1. The number of aryl methyl sites for hydroxylation is 1. The van der Waals surface area contributed by atoms with Crippen molar-refractivity contribution >= 4 is 11.6 Å². The van der Waals surface area contributed by atoms with Gasteiger partial charge in [-0.15, -0.1) is 11.6 Å². The molecule has 1 aliphatic carbocycles. The van der Waals surface area contributed by atoms with Gasteiger partial charge in [-0.1, -0.05) is 49.8 Å². The van der Waals surface area contributed by atoms with Crippen LogP contribution in [0, 0.1) is 12.8 Å². The second-order valence-electron chi connectivity index (χ2n) is 5.75. The maximum Gasteiger partial charge on any atom is 0.123 e. The van der Waals surface area contributed by atoms with E-state index in [9.17, 15) is 0 Å². The summed E-state index contributed by atoms with van der Waals surface area (Å²) < 4.78 is 5.48. The second kappa shape index (κ2) is 7.19. The molecule has 1 nitrogen and oxygen atoms in total. The molecule has 0 aliphatic heterocycles. The van der Waals surface area contributed by atoms with Gasteiger partial charge in [0.1, 0.15) is 5.75 Å². The van der Waals surface area contributed by atoms with E-state index in [1.807, 2.05) is 6.07 Å². The molecule has 2 rings (SSSR count). The van der Waals surface area contributed by atoms with E-state index >= 15 is 0 Å². The van der Waals surface area contributed by atoms with Crippen LogP contribution in [-0.4, -0.2) is 7.11 Å². The van der Waals surface area contributed by atoms with Crippen molar-refractivity contribution < 1.29 is 4.74 Å². The molecule has 0 aromatic heterocycles. The largest absolute Gasteiger partial charge is 0.496 e. The van der Waals surface area contributed by atoms with Crippen molar-refractivity contribution in [1.82, 2.24) is 0 Å². The predicted octanol–water partition coefficient (Wildman–Crippen LogP) is 5.64. The average Bonchev–Trinajstić information content (AvgIpc) is 2.37. The molecule has 1 aromatic rings. The van der Waals surface area contributed by atoms with E-state index in [0.29, 0.717) is 5.92 Å². The number of ether oxygens (including phenoxy) is 1. The summed E-state index contributed by atoms with van der Waals surface area (Å²) in [6.07, 6.45) is 9.28. The lowest BCUT2D eigenvalue weighted by Crippen LogP contribution is -2.11. The molecule has 0 N–H and O–H groups in total.